The fraction of sp³-hybridized carbons (Fsp3) is 0.0952. The summed E-state index contributed by atoms with van der Waals surface area (Å²) in [6.07, 6.45) is 0. The molecule has 3 rings (SSSR count). The average molecular weight is 316 g/mol. The molecule has 0 amide bonds. The first-order valence-electron chi connectivity index (χ1n) is 7.89. The van der Waals surface area contributed by atoms with E-state index in [2.05, 4.69) is 37.4 Å². The Morgan fingerprint density at radius 2 is 1.58 bits per heavy atom. The van der Waals surface area contributed by atoms with Crippen molar-refractivity contribution < 1.29 is 5.11 Å². The fourth-order valence-electron chi connectivity index (χ4n) is 2.40. The van der Waals surface area contributed by atoms with Crippen LogP contribution in [0.3, 0.4) is 0 Å². The number of phenolic OH excluding ortho intramolecular Hbond substituents is 1. The van der Waals surface area contributed by atoms with Crippen molar-refractivity contribution in [3.63, 3.8) is 0 Å². The third-order valence-corrected chi connectivity index (χ3v) is 3.77. The lowest BCUT2D eigenvalue weighted by molar-refractivity contribution is 0.475. The Hall–Kier alpha value is -3.07. The van der Waals surface area contributed by atoms with Crippen molar-refractivity contribution in [3.8, 4) is 5.75 Å². The molecular weight excluding hydrogens is 296 g/mol. The summed E-state index contributed by atoms with van der Waals surface area (Å²) < 4.78 is 0. The van der Waals surface area contributed by atoms with Crippen molar-refractivity contribution in [2.45, 2.75) is 13.8 Å². The van der Waals surface area contributed by atoms with Crippen LogP contribution >= 0.6 is 0 Å². The van der Waals surface area contributed by atoms with Gasteiger partial charge >= 0.3 is 0 Å². The second-order valence-electron chi connectivity index (χ2n) is 5.79. The van der Waals surface area contributed by atoms with E-state index in [0.717, 1.165) is 28.3 Å². The van der Waals surface area contributed by atoms with Crippen LogP contribution in [0.1, 0.15) is 16.7 Å². The number of nitrogens with zero attached hydrogens (tertiary/aromatic N) is 1. The number of amidine groups is 1. The van der Waals surface area contributed by atoms with Gasteiger partial charge in [0, 0.05) is 11.3 Å². The van der Waals surface area contributed by atoms with Crippen LogP contribution in [0, 0.1) is 13.8 Å². The van der Waals surface area contributed by atoms with Gasteiger partial charge in [0.1, 0.15) is 11.6 Å². The molecule has 3 aromatic carbocycles. The van der Waals surface area contributed by atoms with E-state index in [0.29, 0.717) is 0 Å². The summed E-state index contributed by atoms with van der Waals surface area (Å²) in [5, 5.41) is 12.8. The molecule has 0 radical (unpaired) electrons. The SMILES string of the molecule is Cc1ccc(C)c(N=C(Nc2ccc(O)cc2)c2ccccc2)c1. The van der Waals surface area contributed by atoms with Crippen LogP contribution in [0.5, 0.6) is 5.75 Å². The molecule has 0 aliphatic carbocycles. The van der Waals surface area contributed by atoms with Crippen molar-refractivity contribution in [2.24, 2.45) is 4.99 Å². The summed E-state index contributed by atoms with van der Waals surface area (Å²) in [7, 11) is 0. The highest BCUT2D eigenvalue weighted by atomic mass is 16.3. The first kappa shape index (κ1) is 15.8. The van der Waals surface area contributed by atoms with E-state index < -0.39 is 0 Å². The molecule has 24 heavy (non-hydrogen) atoms. The minimum absolute atomic E-state index is 0.244. The normalized spacial score (nSPS) is 11.3. The van der Waals surface area contributed by atoms with Gasteiger partial charge in [0.15, 0.2) is 0 Å². The van der Waals surface area contributed by atoms with Gasteiger partial charge in [-0.2, -0.15) is 0 Å². The van der Waals surface area contributed by atoms with E-state index in [1.165, 1.54) is 5.56 Å². The Morgan fingerprint density at radius 1 is 0.875 bits per heavy atom. The Morgan fingerprint density at radius 3 is 2.29 bits per heavy atom. The third kappa shape index (κ3) is 3.82. The number of anilines is 1. The minimum atomic E-state index is 0.244. The Labute approximate surface area is 142 Å². The van der Waals surface area contributed by atoms with E-state index in [-0.39, 0.29) is 5.75 Å². The molecule has 0 atom stereocenters. The molecule has 3 aromatic rings. The highest BCUT2D eigenvalue weighted by molar-refractivity contribution is 6.09. The molecule has 0 heterocycles. The van der Waals surface area contributed by atoms with Crippen LogP contribution in [0.25, 0.3) is 0 Å². The number of hydrogen-bond acceptors (Lipinski definition) is 2. The monoisotopic (exact) mass is 316 g/mol. The third-order valence-electron chi connectivity index (χ3n) is 3.77. The second-order valence-corrected chi connectivity index (χ2v) is 5.79. The molecule has 0 aliphatic rings. The van der Waals surface area contributed by atoms with Crippen LogP contribution < -0.4 is 5.32 Å². The summed E-state index contributed by atoms with van der Waals surface area (Å²) in [5.41, 5.74) is 5.13. The predicted octanol–water partition coefficient (Wildman–Crippen LogP) is 5.20. The van der Waals surface area contributed by atoms with Crippen molar-refractivity contribution in [1.29, 1.82) is 0 Å². The maximum absolute atomic E-state index is 9.45. The van der Waals surface area contributed by atoms with Crippen molar-refractivity contribution in [1.82, 2.24) is 0 Å². The average Bonchev–Trinajstić information content (AvgIpc) is 2.60. The van der Waals surface area contributed by atoms with Gasteiger partial charge in [-0.3, -0.25) is 0 Å². The van der Waals surface area contributed by atoms with E-state index in [4.69, 9.17) is 4.99 Å². The topological polar surface area (TPSA) is 44.6 Å². The first-order valence-corrected chi connectivity index (χ1v) is 7.89. The molecule has 0 fully saturated rings. The molecule has 0 saturated heterocycles. The zero-order valence-electron chi connectivity index (χ0n) is 13.8. The molecule has 2 N–H and O–H groups in total. The number of rotatable bonds is 3. The number of benzene rings is 3. The van der Waals surface area contributed by atoms with Crippen LogP contribution in [-0.2, 0) is 0 Å². The van der Waals surface area contributed by atoms with E-state index >= 15 is 0 Å². The number of phenols is 1. The lowest BCUT2D eigenvalue weighted by Gasteiger charge is -2.12. The van der Waals surface area contributed by atoms with Gasteiger partial charge in [0.05, 0.1) is 5.69 Å². The van der Waals surface area contributed by atoms with Gasteiger partial charge in [-0.15, -0.1) is 0 Å². The summed E-state index contributed by atoms with van der Waals surface area (Å²) in [6.45, 7) is 4.12. The van der Waals surface area contributed by atoms with Crippen molar-refractivity contribution in [2.75, 3.05) is 5.32 Å². The highest BCUT2D eigenvalue weighted by Crippen LogP contribution is 2.22. The summed E-state index contributed by atoms with van der Waals surface area (Å²) in [4.78, 5) is 4.85. The van der Waals surface area contributed by atoms with Crippen LogP contribution in [0.4, 0.5) is 11.4 Å². The predicted molar refractivity (Wildman–Crippen MR) is 100 cm³/mol. The van der Waals surface area contributed by atoms with Gasteiger partial charge in [-0.1, -0.05) is 42.5 Å². The van der Waals surface area contributed by atoms with Gasteiger partial charge in [0.2, 0.25) is 0 Å². The molecule has 3 heteroatoms. The van der Waals surface area contributed by atoms with Crippen LogP contribution in [0.2, 0.25) is 0 Å². The van der Waals surface area contributed by atoms with Gasteiger partial charge in [-0.25, -0.2) is 4.99 Å². The zero-order chi connectivity index (χ0) is 16.9. The Kier molecular flexibility index (Phi) is 4.62. The van der Waals surface area contributed by atoms with E-state index in [1.54, 1.807) is 12.1 Å². The van der Waals surface area contributed by atoms with Crippen LogP contribution in [0.15, 0.2) is 77.8 Å². The molecule has 120 valence electrons. The largest absolute Gasteiger partial charge is 0.508 e. The lowest BCUT2D eigenvalue weighted by atomic mass is 10.1. The second kappa shape index (κ2) is 7.01. The molecule has 0 spiro atoms. The summed E-state index contributed by atoms with van der Waals surface area (Å²) in [6, 6.07) is 23.2. The van der Waals surface area contributed by atoms with E-state index in [9.17, 15) is 5.11 Å². The number of hydrogen-bond donors (Lipinski definition) is 2. The van der Waals surface area contributed by atoms with Gasteiger partial charge in [-0.05, 0) is 55.3 Å². The van der Waals surface area contributed by atoms with Crippen molar-refractivity contribution in [3.05, 3.63) is 89.5 Å². The Bertz CT molecular complexity index is 853. The van der Waals surface area contributed by atoms with Crippen molar-refractivity contribution >= 4 is 17.2 Å². The molecule has 0 bridgehead atoms. The Balaban J connectivity index is 2.03. The zero-order valence-corrected chi connectivity index (χ0v) is 13.8. The first-order chi connectivity index (χ1) is 11.6. The van der Waals surface area contributed by atoms with Crippen LogP contribution in [-0.4, -0.2) is 10.9 Å². The highest BCUT2D eigenvalue weighted by Gasteiger charge is 2.06. The smallest absolute Gasteiger partial charge is 0.138 e. The van der Waals surface area contributed by atoms with Gasteiger partial charge in [0.25, 0.3) is 0 Å². The standard InChI is InChI=1S/C21H20N2O/c1-15-8-9-16(2)20(14-15)23-21(17-6-4-3-5-7-17)22-18-10-12-19(24)13-11-18/h3-14,24H,1-2H3,(H,22,23). The number of nitrogens with one attached hydrogen (secondary N) is 1. The van der Waals surface area contributed by atoms with Gasteiger partial charge < -0.3 is 10.4 Å². The molecule has 0 aliphatic heterocycles. The quantitative estimate of drug-likeness (QED) is 0.396. The number of aliphatic imine (C=N–C) groups is 1. The fourth-order valence-corrected chi connectivity index (χ4v) is 2.40. The molecule has 0 aromatic heterocycles. The maximum atomic E-state index is 9.45. The molecular formula is C21H20N2O. The summed E-state index contributed by atoms with van der Waals surface area (Å²) >= 11 is 0. The molecule has 0 unspecified atom stereocenters. The molecule has 3 nitrogen and oxygen atoms in total. The lowest BCUT2D eigenvalue weighted by Crippen LogP contribution is -2.13. The maximum Gasteiger partial charge on any atom is 0.138 e. The molecule has 0 saturated carbocycles. The minimum Gasteiger partial charge on any atom is -0.508 e. The number of aromatic hydroxyl groups is 1. The number of aryl methyl sites for hydroxylation is 2. The van der Waals surface area contributed by atoms with E-state index in [1.807, 2.05) is 42.5 Å². The summed E-state index contributed by atoms with van der Waals surface area (Å²) in [5.74, 6) is 1.02.